The SMILES string of the molecule is C=C[C@@H]1C[C@]1(NC(=O)[C@@H]1C[C@@H](Oc2nccc3cc(OC)ccc23)CN1C(=O)C(NC(=O)N[C@H](C(=O)OCC)C(C)C)C(C)(C)C)C(=O)NS(=O)(=O)C1CC1. The minimum Gasteiger partial charge on any atom is -0.497 e. The van der Waals surface area contributed by atoms with Crippen molar-refractivity contribution in [2.24, 2.45) is 17.3 Å². The lowest BCUT2D eigenvalue weighted by molar-refractivity contribution is -0.146. The fourth-order valence-electron chi connectivity index (χ4n) is 6.76. The van der Waals surface area contributed by atoms with Crippen LogP contribution in [0.5, 0.6) is 11.6 Å². The van der Waals surface area contributed by atoms with Gasteiger partial charge in [0.1, 0.15) is 35.5 Å². The Hall–Kier alpha value is -4.93. The number of nitrogens with one attached hydrogen (secondary N) is 4. The van der Waals surface area contributed by atoms with Gasteiger partial charge >= 0.3 is 12.0 Å². The van der Waals surface area contributed by atoms with Crippen LogP contribution in [0.15, 0.2) is 43.1 Å². The number of rotatable bonds is 15. The number of nitrogens with zero attached hydrogens (tertiary/aromatic N) is 2. The van der Waals surface area contributed by atoms with Crippen molar-refractivity contribution in [3.63, 3.8) is 0 Å². The van der Waals surface area contributed by atoms with Gasteiger partial charge in [-0.1, -0.05) is 40.7 Å². The number of benzene rings is 1. The Labute approximate surface area is 321 Å². The molecule has 2 saturated carbocycles. The van der Waals surface area contributed by atoms with Crippen molar-refractivity contribution >= 4 is 50.5 Å². The maximum absolute atomic E-state index is 14.6. The second kappa shape index (κ2) is 16.0. The van der Waals surface area contributed by atoms with E-state index in [-0.39, 0.29) is 37.8 Å². The largest absolute Gasteiger partial charge is 0.497 e. The summed E-state index contributed by atoms with van der Waals surface area (Å²) in [6.45, 7) is 14.2. The number of aromatic nitrogens is 1. The number of carbonyl (C=O) groups excluding carboxylic acids is 5. The molecule has 2 aliphatic carbocycles. The maximum Gasteiger partial charge on any atom is 0.328 e. The molecule has 5 rings (SSSR count). The third-order valence-corrected chi connectivity index (χ3v) is 12.0. The van der Waals surface area contributed by atoms with E-state index in [9.17, 15) is 32.4 Å². The minimum atomic E-state index is -3.93. The Morgan fingerprint density at radius 1 is 1.11 bits per heavy atom. The highest BCUT2D eigenvalue weighted by Gasteiger charge is 2.62. The Morgan fingerprint density at radius 2 is 1.82 bits per heavy atom. The van der Waals surface area contributed by atoms with E-state index >= 15 is 0 Å². The number of likely N-dealkylation sites (tertiary alicyclic amines) is 1. The van der Waals surface area contributed by atoms with Crippen LogP contribution in [0.3, 0.4) is 0 Å². The molecular weight excluding hydrogens is 733 g/mol. The number of esters is 1. The highest BCUT2D eigenvalue weighted by molar-refractivity contribution is 7.91. The molecule has 1 unspecified atom stereocenters. The van der Waals surface area contributed by atoms with Crippen LogP contribution in [0, 0.1) is 17.3 Å². The van der Waals surface area contributed by atoms with Crippen LogP contribution in [0.25, 0.3) is 10.8 Å². The van der Waals surface area contributed by atoms with Gasteiger partial charge in [0.15, 0.2) is 0 Å². The molecule has 4 N–H and O–H groups in total. The second-order valence-corrected chi connectivity index (χ2v) is 17.7. The van der Waals surface area contributed by atoms with Gasteiger partial charge in [0.05, 0.1) is 25.5 Å². The maximum atomic E-state index is 14.6. The molecule has 2 aromatic rings. The molecular formula is C38H52N6O10S. The first kappa shape index (κ1) is 41.2. The van der Waals surface area contributed by atoms with E-state index in [0.29, 0.717) is 24.0 Å². The van der Waals surface area contributed by atoms with Gasteiger partial charge in [-0.3, -0.25) is 19.1 Å². The lowest BCUT2D eigenvalue weighted by Crippen LogP contribution is -2.61. The Bertz CT molecular complexity index is 1940. The molecule has 2 heterocycles. The van der Waals surface area contributed by atoms with Crippen molar-refractivity contribution in [1.82, 2.24) is 30.6 Å². The molecule has 1 aromatic heterocycles. The monoisotopic (exact) mass is 784 g/mol. The number of ether oxygens (including phenoxy) is 3. The van der Waals surface area contributed by atoms with Crippen molar-refractivity contribution in [3.05, 3.63) is 43.1 Å². The van der Waals surface area contributed by atoms with E-state index in [2.05, 4.69) is 32.2 Å². The summed E-state index contributed by atoms with van der Waals surface area (Å²) < 4.78 is 44.4. The summed E-state index contributed by atoms with van der Waals surface area (Å²) in [5.74, 6) is -2.81. The average Bonchev–Trinajstić information content (AvgIpc) is 4.05. The molecule has 0 radical (unpaired) electrons. The number of hydrogen-bond donors (Lipinski definition) is 4. The summed E-state index contributed by atoms with van der Waals surface area (Å²) in [4.78, 5) is 74.2. The number of sulfonamides is 1. The molecule has 16 nitrogen and oxygen atoms in total. The summed E-state index contributed by atoms with van der Waals surface area (Å²) in [6, 6.07) is 2.97. The first-order chi connectivity index (χ1) is 25.8. The number of hydrogen-bond acceptors (Lipinski definition) is 11. The molecule has 1 saturated heterocycles. The highest BCUT2D eigenvalue weighted by Crippen LogP contribution is 2.45. The first-order valence-corrected chi connectivity index (χ1v) is 20.0. The minimum absolute atomic E-state index is 0.0238. The molecule has 0 bridgehead atoms. The van der Waals surface area contributed by atoms with Crippen molar-refractivity contribution < 1.29 is 46.6 Å². The van der Waals surface area contributed by atoms with Gasteiger partial charge in [0.25, 0.3) is 5.91 Å². The summed E-state index contributed by atoms with van der Waals surface area (Å²) in [5, 5.41) is 8.90. The van der Waals surface area contributed by atoms with Crippen LogP contribution in [-0.2, 0) is 33.9 Å². The first-order valence-electron chi connectivity index (χ1n) is 18.5. The molecule has 1 aliphatic heterocycles. The summed E-state index contributed by atoms with van der Waals surface area (Å²) in [7, 11) is -2.37. The van der Waals surface area contributed by atoms with E-state index in [1.54, 1.807) is 73.0 Å². The predicted molar refractivity (Wildman–Crippen MR) is 202 cm³/mol. The summed E-state index contributed by atoms with van der Waals surface area (Å²) in [5.41, 5.74) is -2.49. The van der Waals surface area contributed by atoms with Crippen LogP contribution in [0.4, 0.5) is 4.79 Å². The van der Waals surface area contributed by atoms with Crippen molar-refractivity contribution in [1.29, 1.82) is 0 Å². The predicted octanol–water partition coefficient (Wildman–Crippen LogP) is 2.56. The molecule has 55 heavy (non-hydrogen) atoms. The number of urea groups is 1. The quantitative estimate of drug-likeness (QED) is 0.152. The molecule has 0 spiro atoms. The lowest BCUT2D eigenvalue weighted by Gasteiger charge is -2.36. The fraction of sp³-hybridized carbons (Fsp3) is 0.579. The number of amides is 5. The number of fused-ring (bicyclic) bond motifs is 1. The lowest BCUT2D eigenvalue weighted by atomic mass is 9.85. The van der Waals surface area contributed by atoms with Gasteiger partial charge in [-0.25, -0.2) is 23.0 Å². The van der Waals surface area contributed by atoms with Gasteiger partial charge in [0, 0.05) is 23.9 Å². The molecule has 1 aromatic carbocycles. The van der Waals surface area contributed by atoms with Crippen LogP contribution >= 0.6 is 0 Å². The summed E-state index contributed by atoms with van der Waals surface area (Å²) in [6.07, 6.45) is 3.25. The van der Waals surface area contributed by atoms with Gasteiger partial charge < -0.3 is 35.1 Å². The van der Waals surface area contributed by atoms with Gasteiger partial charge in [-0.2, -0.15) is 0 Å². The zero-order valence-corrected chi connectivity index (χ0v) is 33.2. The Morgan fingerprint density at radius 3 is 2.40 bits per heavy atom. The zero-order valence-electron chi connectivity index (χ0n) is 32.3. The topological polar surface area (TPSA) is 211 Å². The molecule has 17 heteroatoms. The van der Waals surface area contributed by atoms with Crippen LogP contribution in [-0.4, -0.2) is 103 Å². The second-order valence-electron chi connectivity index (χ2n) is 15.8. The third-order valence-electron chi connectivity index (χ3n) is 10.2. The molecule has 3 fully saturated rings. The van der Waals surface area contributed by atoms with E-state index < -0.39 is 86.1 Å². The number of methoxy groups -OCH3 is 1. The van der Waals surface area contributed by atoms with Gasteiger partial charge in [0.2, 0.25) is 27.7 Å². The summed E-state index contributed by atoms with van der Waals surface area (Å²) >= 11 is 0. The third kappa shape index (κ3) is 9.14. The molecule has 3 aliphatic rings. The Kier molecular flexibility index (Phi) is 12.0. The van der Waals surface area contributed by atoms with Crippen LogP contribution in [0.1, 0.15) is 67.2 Å². The smallest absolute Gasteiger partial charge is 0.328 e. The van der Waals surface area contributed by atoms with E-state index in [0.717, 1.165) is 5.39 Å². The van der Waals surface area contributed by atoms with E-state index in [1.807, 2.05) is 6.07 Å². The van der Waals surface area contributed by atoms with Crippen LogP contribution in [0.2, 0.25) is 0 Å². The van der Waals surface area contributed by atoms with Gasteiger partial charge in [-0.05, 0) is 67.2 Å². The highest BCUT2D eigenvalue weighted by atomic mass is 32.2. The molecule has 300 valence electrons. The molecule has 6 atom stereocenters. The average molecular weight is 785 g/mol. The zero-order chi connectivity index (χ0) is 40.5. The Balaban J connectivity index is 1.44. The van der Waals surface area contributed by atoms with E-state index in [4.69, 9.17) is 14.2 Å². The van der Waals surface area contributed by atoms with Gasteiger partial charge in [-0.15, -0.1) is 6.58 Å². The van der Waals surface area contributed by atoms with Crippen molar-refractivity contribution in [2.75, 3.05) is 20.3 Å². The molecule has 5 amide bonds. The van der Waals surface area contributed by atoms with Crippen molar-refractivity contribution in [2.45, 2.75) is 102 Å². The van der Waals surface area contributed by atoms with Crippen LogP contribution < -0.4 is 30.1 Å². The standard InChI is InChI=1S/C38H52N6O10S/c1-9-23-19-38(23,35(48)43-55(50,51)26-12-13-26)42-31(45)28-18-25(54-32-27-14-11-24(52-8)17-22(27)15-16-39-32)20-44(28)33(46)30(37(5,6)7)41-36(49)40-29(21(3)4)34(47)53-10-2/h9,11,14-17,21,23,25-26,28-30H,1,10,12-13,18-20H2,2-8H3,(H,42,45)(H,43,48)(H2,40,41,49)/t23-,25-,28+,29+,30?,38-/m1/s1. The van der Waals surface area contributed by atoms with Crippen molar-refractivity contribution in [3.8, 4) is 11.6 Å². The number of pyridine rings is 1. The normalized spacial score (nSPS) is 23.3. The fourth-order valence-corrected chi connectivity index (χ4v) is 8.12. The van der Waals surface area contributed by atoms with E-state index in [1.165, 1.54) is 11.0 Å². The number of carbonyl (C=O) groups is 5.